The van der Waals surface area contributed by atoms with E-state index in [1.165, 1.54) is 186 Å². The maximum Gasteiger partial charge on any atom is 0.222 e. The summed E-state index contributed by atoms with van der Waals surface area (Å²) in [6.45, 7) is 4.25. The van der Waals surface area contributed by atoms with Crippen molar-refractivity contribution >= 4 is 5.91 Å². The fraction of sp³-hybridized carbons (Fsp3) is 0.933. The maximum atomic E-state index is 12.4. The second-order valence-corrected chi connectivity index (χ2v) is 15.7. The van der Waals surface area contributed by atoms with Gasteiger partial charge in [-0.25, -0.2) is 0 Å². The Kier molecular flexibility index (Phi) is 40.1. The lowest BCUT2D eigenvalue weighted by molar-refractivity contribution is -0.125. The quantitative estimate of drug-likeness (QED) is 0.0376. The van der Waals surface area contributed by atoms with Gasteiger partial charge in [0, 0.05) is 0 Å². The highest BCUT2D eigenvalue weighted by Crippen LogP contribution is 2.16. The average Bonchev–Trinajstić information content (AvgIpc) is 3.11. The van der Waals surface area contributed by atoms with Gasteiger partial charge in [-0.05, 0) is 38.5 Å². The van der Waals surface area contributed by atoms with Crippen molar-refractivity contribution in [1.29, 1.82) is 0 Å². The highest BCUT2D eigenvalue weighted by Gasteiger charge is 2.21. The zero-order valence-corrected chi connectivity index (χ0v) is 33.8. The molecule has 0 heterocycles. The molecule has 1 amide bonds. The van der Waals surface area contributed by atoms with Crippen LogP contribution in [0.3, 0.4) is 0 Å². The fourth-order valence-electron chi connectivity index (χ4n) is 7.11. The summed E-state index contributed by atoms with van der Waals surface area (Å²) in [5, 5.41) is 33.3. The number of carbonyl (C=O) groups is 1. The number of aliphatic hydroxyl groups excluding tert-OH is 3. The predicted molar refractivity (Wildman–Crippen MR) is 218 cm³/mol. The van der Waals surface area contributed by atoms with Gasteiger partial charge < -0.3 is 20.6 Å². The Morgan fingerprint density at radius 1 is 0.480 bits per heavy atom. The first-order valence-corrected chi connectivity index (χ1v) is 22.5. The first kappa shape index (κ1) is 49.1. The number of amides is 1. The van der Waals surface area contributed by atoms with Crippen LogP contribution in [0.15, 0.2) is 12.2 Å². The van der Waals surface area contributed by atoms with Gasteiger partial charge in [0.05, 0.1) is 31.3 Å². The molecule has 0 aliphatic carbocycles. The third kappa shape index (κ3) is 36.9. The molecule has 0 saturated carbocycles. The minimum Gasteiger partial charge on any atom is -0.394 e. The molecule has 50 heavy (non-hydrogen) atoms. The monoisotopic (exact) mass is 708 g/mol. The van der Waals surface area contributed by atoms with Crippen LogP contribution >= 0.6 is 0 Å². The summed E-state index contributed by atoms with van der Waals surface area (Å²) in [6, 6.07) is -0.654. The van der Waals surface area contributed by atoms with Crippen LogP contribution in [0.25, 0.3) is 0 Å². The molecule has 0 bridgehead atoms. The fourth-order valence-corrected chi connectivity index (χ4v) is 7.11. The van der Waals surface area contributed by atoms with Crippen molar-refractivity contribution in [3.05, 3.63) is 12.2 Å². The van der Waals surface area contributed by atoms with E-state index in [1.807, 2.05) is 0 Å². The van der Waals surface area contributed by atoms with Gasteiger partial charge in [0.1, 0.15) is 0 Å². The van der Waals surface area contributed by atoms with Crippen molar-refractivity contribution in [3.8, 4) is 0 Å². The van der Waals surface area contributed by atoms with E-state index in [0.717, 1.165) is 25.7 Å². The minimum atomic E-state index is -0.745. The van der Waals surface area contributed by atoms with E-state index in [2.05, 4.69) is 31.3 Å². The number of allylic oxidation sites excluding steroid dienone is 2. The summed E-state index contributed by atoms with van der Waals surface area (Å²) in [7, 11) is 0. The molecule has 5 nitrogen and oxygen atoms in total. The Morgan fingerprint density at radius 2 is 0.800 bits per heavy atom. The Hall–Kier alpha value is -0.910. The molecule has 0 aliphatic heterocycles. The third-order valence-corrected chi connectivity index (χ3v) is 10.6. The highest BCUT2D eigenvalue weighted by atomic mass is 16.3. The van der Waals surface area contributed by atoms with Gasteiger partial charge in [-0.2, -0.15) is 0 Å². The van der Waals surface area contributed by atoms with E-state index < -0.39 is 18.2 Å². The van der Waals surface area contributed by atoms with Crippen LogP contribution < -0.4 is 5.32 Å². The summed E-state index contributed by atoms with van der Waals surface area (Å²) in [5.41, 5.74) is 0. The summed E-state index contributed by atoms with van der Waals surface area (Å²) in [5.74, 6) is -0.284. The first-order chi connectivity index (χ1) is 24.5. The van der Waals surface area contributed by atoms with Gasteiger partial charge in [-0.1, -0.05) is 212 Å². The number of hydrogen-bond acceptors (Lipinski definition) is 4. The lowest BCUT2D eigenvalue weighted by atomic mass is 10.0. The molecule has 0 spiro atoms. The van der Waals surface area contributed by atoms with Gasteiger partial charge in [0.25, 0.3) is 0 Å². The summed E-state index contributed by atoms with van der Waals surface area (Å²) in [6.07, 6.45) is 47.7. The van der Waals surface area contributed by atoms with E-state index in [9.17, 15) is 20.1 Å². The molecule has 0 aromatic carbocycles. The van der Waals surface area contributed by atoms with Crippen molar-refractivity contribution in [2.24, 2.45) is 0 Å². The number of carbonyl (C=O) groups excluding carboxylic acids is 1. The molecule has 0 aromatic heterocycles. The van der Waals surface area contributed by atoms with Crippen LogP contribution in [0, 0.1) is 0 Å². The van der Waals surface area contributed by atoms with Crippen molar-refractivity contribution < 1.29 is 20.1 Å². The molecule has 3 atom stereocenters. The van der Waals surface area contributed by atoms with Gasteiger partial charge >= 0.3 is 0 Å². The number of aliphatic hydroxyl groups is 3. The van der Waals surface area contributed by atoms with Crippen molar-refractivity contribution in [3.63, 3.8) is 0 Å². The number of nitrogens with one attached hydrogen (secondary N) is 1. The van der Waals surface area contributed by atoms with Gasteiger partial charge in [-0.15, -0.1) is 0 Å². The van der Waals surface area contributed by atoms with E-state index in [-0.39, 0.29) is 18.9 Å². The van der Waals surface area contributed by atoms with Crippen LogP contribution in [-0.2, 0) is 4.79 Å². The number of unbranched alkanes of at least 4 members (excludes halogenated alkanes) is 30. The Labute approximate surface area is 312 Å². The average molecular weight is 708 g/mol. The SMILES string of the molecule is CCCCCCCCCCCCCC/C=C\CCCCCCCCCCCC(O)CC(=O)NC(CO)C(O)CCCCCCCCCCCC. The van der Waals surface area contributed by atoms with Crippen molar-refractivity contribution in [2.75, 3.05) is 6.61 Å². The normalized spacial score (nSPS) is 13.6. The maximum absolute atomic E-state index is 12.4. The number of rotatable bonds is 41. The second kappa shape index (κ2) is 40.9. The van der Waals surface area contributed by atoms with Crippen molar-refractivity contribution in [1.82, 2.24) is 5.32 Å². The molecule has 298 valence electrons. The van der Waals surface area contributed by atoms with E-state index in [1.54, 1.807) is 0 Å². The molecule has 0 saturated heterocycles. The molecule has 4 N–H and O–H groups in total. The van der Waals surface area contributed by atoms with Crippen LogP contribution in [0.4, 0.5) is 0 Å². The Morgan fingerprint density at radius 3 is 1.16 bits per heavy atom. The van der Waals surface area contributed by atoms with Crippen LogP contribution in [0.5, 0.6) is 0 Å². The summed E-state index contributed by atoms with van der Waals surface area (Å²) >= 11 is 0. The first-order valence-electron chi connectivity index (χ1n) is 22.5. The lowest BCUT2D eigenvalue weighted by Crippen LogP contribution is -2.46. The smallest absolute Gasteiger partial charge is 0.222 e. The van der Waals surface area contributed by atoms with Crippen molar-refractivity contribution in [2.45, 2.75) is 263 Å². The molecule has 0 rings (SSSR count). The molecule has 0 radical (unpaired) electrons. The molecular formula is C45H89NO4. The second-order valence-electron chi connectivity index (χ2n) is 15.7. The standard InChI is InChI=1S/C45H89NO4/c1-3-5-7-9-11-13-15-16-17-18-19-20-21-22-23-24-25-26-27-28-29-30-32-34-36-38-42(48)40-45(50)46-43(41-47)44(49)39-37-35-33-31-14-12-10-8-6-4-2/h22-23,42-44,47-49H,3-21,24-41H2,1-2H3,(H,46,50)/b23-22-. The Bertz CT molecular complexity index is 699. The molecule has 0 aliphatic rings. The largest absolute Gasteiger partial charge is 0.394 e. The topological polar surface area (TPSA) is 89.8 Å². The van der Waals surface area contributed by atoms with Crippen LogP contribution in [0.2, 0.25) is 0 Å². The van der Waals surface area contributed by atoms with Crippen LogP contribution in [-0.4, -0.2) is 46.1 Å². The van der Waals surface area contributed by atoms with E-state index in [0.29, 0.717) is 12.8 Å². The van der Waals surface area contributed by atoms with E-state index in [4.69, 9.17) is 0 Å². The summed E-state index contributed by atoms with van der Waals surface area (Å²) < 4.78 is 0. The van der Waals surface area contributed by atoms with Gasteiger partial charge in [0.2, 0.25) is 5.91 Å². The van der Waals surface area contributed by atoms with Crippen LogP contribution in [0.1, 0.15) is 245 Å². The third-order valence-electron chi connectivity index (χ3n) is 10.6. The lowest BCUT2D eigenvalue weighted by Gasteiger charge is -2.23. The predicted octanol–water partition coefficient (Wildman–Crippen LogP) is 12.8. The zero-order valence-electron chi connectivity index (χ0n) is 33.8. The molecule has 0 aromatic rings. The Balaban J connectivity index is 3.53. The minimum absolute atomic E-state index is 0.0378. The highest BCUT2D eigenvalue weighted by molar-refractivity contribution is 5.76. The summed E-state index contributed by atoms with van der Waals surface area (Å²) in [4.78, 5) is 12.4. The molecule has 5 heteroatoms. The zero-order chi connectivity index (χ0) is 36.6. The van der Waals surface area contributed by atoms with E-state index >= 15 is 0 Å². The van der Waals surface area contributed by atoms with Gasteiger partial charge in [0.15, 0.2) is 0 Å². The molecule has 0 fully saturated rings. The number of hydrogen-bond donors (Lipinski definition) is 4. The van der Waals surface area contributed by atoms with Gasteiger partial charge in [-0.3, -0.25) is 4.79 Å². The molecule has 3 unspecified atom stereocenters. The molecular weight excluding hydrogens is 618 g/mol.